The maximum absolute atomic E-state index is 11.9. The first-order valence-electron chi connectivity index (χ1n) is 7.03. The van der Waals surface area contributed by atoms with E-state index in [1.54, 1.807) is 0 Å². The molecule has 5 heteroatoms. The van der Waals surface area contributed by atoms with Crippen LogP contribution in [0.1, 0.15) is 25.7 Å². The predicted molar refractivity (Wildman–Crippen MR) is 66.1 cm³/mol. The van der Waals surface area contributed by atoms with Gasteiger partial charge in [0.1, 0.15) is 0 Å². The Morgan fingerprint density at radius 1 is 1.22 bits per heavy atom. The van der Waals surface area contributed by atoms with Crippen molar-refractivity contribution in [3.05, 3.63) is 0 Å². The van der Waals surface area contributed by atoms with Crippen molar-refractivity contribution in [2.45, 2.75) is 37.8 Å². The van der Waals surface area contributed by atoms with Gasteiger partial charge in [-0.1, -0.05) is 0 Å². The van der Waals surface area contributed by atoms with Crippen LogP contribution in [0.25, 0.3) is 0 Å². The normalized spacial score (nSPS) is 42.2. The maximum atomic E-state index is 11.9. The Morgan fingerprint density at radius 2 is 2.06 bits per heavy atom. The van der Waals surface area contributed by atoms with Crippen LogP contribution in [0, 0.1) is 17.8 Å². The van der Waals surface area contributed by atoms with Crippen LogP contribution in [-0.4, -0.2) is 43.0 Å². The topological polar surface area (TPSA) is 70.6 Å². The third-order valence-corrected chi connectivity index (χ3v) is 4.86. The van der Waals surface area contributed by atoms with E-state index in [0.29, 0.717) is 18.4 Å². The Kier molecular flexibility index (Phi) is 3.43. The highest BCUT2D eigenvalue weighted by Crippen LogP contribution is 2.48. The Hall–Kier alpha value is -0.810. The molecule has 5 unspecified atom stereocenters. The molecule has 0 aromatic carbocycles. The molecule has 3 fully saturated rings. The van der Waals surface area contributed by atoms with Gasteiger partial charge in [0, 0.05) is 25.2 Å². The maximum Gasteiger partial charge on any atom is 0.315 e. The van der Waals surface area contributed by atoms with Gasteiger partial charge in [-0.15, -0.1) is 0 Å². The first kappa shape index (κ1) is 12.2. The summed E-state index contributed by atoms with van der Waals surface area (Å²) < 4.78 is 5.24. The fourth-order valence-corrected chi connectivity index (χ4v) is 3.92. The summed E-state index contributed by atoms with van der Waals surface area (Å²) in [7, 11) is 0. The molecule has 0 spiro atoms. The number of fused-ring (bicyclic) bond motifs is 2. The molecular formula is C13H22N2O3. The lowest BCUT2D eigenvalue weighted by molar-refractivity contribution is 0.143. The van der Waals surface area contributed by atoms with E-state index in [-0.39, 0.29) is 30.6 Å². The molecular weight excluding hydrogens is 232 g/mol. The van der Waals surface area contributed by atoms with Crippen LogP contribution in [0.5, 0.6) is 0 Å². The molecule has 5 atom stereocenters. The molecule has 0 radical (unpaired) electrons. The van der Waals surface area contributed by atoms with Crippen molar-refractivity contribution >= 4 is 6.03 Å². The van der Waals surface area contributed by atoms with Gasteiger partial charge < -0.3 is 20.5 Å². The lowest BCUT2D eigenvalue weighted by Crippen LogP contribution is -2.51. The van der Waals surface area contributed by atoms with Gasteiger partial charge in [0.25, 0.3) is 0 Å². The molecule has 2 bridgehead atoms. The van der Waals surface area contributed by atoms with E-state index in [2.05, 4.69) is 10.6 Å². The number of aliphatic hydroxyl groups is 1. The molecule has 3 aliphatic rings. The van der Waals surface area contributed by atoms with Crippen molar-refractivity contribution in [3.8, 4) is 0 Å². The zero-order chi connectivity index (χ0) is 12.5. The number of carbonyl (C=O) groups excluding carboxylic acids is 1. The quantitative estimate of drug-likeness (QED) is 0.686. The first-order valence-corrected chi connectivity index (χ1v) is 7.03. The number of hydrogen-bond donors (Lipinski definition) is 3. The molecule has 2 saturated carbocycles. The van der Waals surface area contributed by atoms with E-state index < -0.39 is 0 Å². The number of amides is 2. The summed E-state index contributed by atoms with van der Waals surface area (Å²) in [5.74, 6) is 1.44. The Balaban J connectivity index is 1.53. The van der Waals surface area contributed by atoms with E-state index in [9.17, 15) is 9.90 Å². The van der Waals surface area contributed by atoms with Crippen molar-refractivity contribution in [1.29, 1.82) is 0 Å². The zero-order valence-corrected chi connectivity index (χ0v) is 10.6. The number of rotatable bonds is 3. The highest BCUT2D eigenvalue weighted by molar-refractivity contribution is 5.74. The Bertz CT molecular complexity index is 317. The van der Waals surface area contributed by atoms with Crippen LogP contribution >= 0.6 is 0 Å². The average Bonchev–Trinajstić information content (AvgIpc) is 3.04. The van der Waals surface area contributed by atoms with Crippen molar-refractivity contribution in [2.24, 2.45) is 17.8 Å². The highest BCUT2D eigenvalue weighted by atomic mass is 16.5. The highest BCUT2D eigenvalue weighted by Gasteiger charge is 2.47. The van der Waals surface area contributed by atoms with Gasteiger partial charge in [0.2, 0.25) is 0 Å². The second kappa shape index (κ2) is 5.05. The fraction of sp³-hybridized carbons (Fsp3) is 0.923. The zero-order valence-electron chi connectivity index (χ0n) is 10.6. The summed E-state index contributed by atoms with van der Waals surface area (Å²) in [6, 6.07) is 0.216. The van der Waals surface area contributed by atoms with Crippen molar-refractivity contribution < 1.29 is 14.6 Å². The van der Waals surface area contributed by atoms with E-state index in [4.69, 9.17) is 4.74 Å². The van der Waals surface area contributed by atoms with Gasteiger partial charge in [-0.3, -0.25) is 0 Å². The fourth-order valence-electron chi connectivity index (χ4n) is 3.92. The minimum Gasteiger partial charge on any atom is -0.396 e. The van der Waals surface area contributed by atoms with Crippen LogP contribution in [0.15, 0.2) is 0 Å². The number of hydrogen-bond acceptors (Lipinski definition) is 3. The summed E-state index contributed by atoms with van der Waals surface area (Å²) in [6.07, 6.45) is 4.47. The lowest BCUT2D eigenvalue weighted by Gasteiger charge is -2.30. The molecule has 2 amide bonds. The molecule has 0 aromatic rings. The van der Waals surface area contributed by atoms with Crippen LogP contribution in [0.4, 0.5) is 4.79 Å². The molecule has 2 aliphatic carbocycles. The predicted octanol–water partition coefficient (Wildman–Crippen LogP) is 0.481. The molecule has 3 N–H and O–H groups in total. The second-order valence-corrected chi connectivity index (χ2v) is 5.88. The van der Waals surface area contributed by atoms with Gasteiger partial charge in [-0.25, -0.2) is 4.79 Å². The summed E-state index contributed by atoms with van der Waals surface area (Å²) in [4.78, 5) is 11.9. The SMILES string of the molecule is O=C(NC1CCOC1)NC1C2CCC(C2)C1CO. The minimum atomic E-state index is -0.0958. The molecule has 1 aliphatic heterocycles. The van der Waals surface area contributed by atoms with Crippen LogP contribution in [-0.2, 0) is 4.74 Å². The Morgan fingerprint density at radius 3 is 2.78 bits per heavy atom. The molecule has 102 valence electrons. The summed E-state index contributed by atoms with van der Waals surface area (Å²) in [6.45, 7) is 1.55. The lowest BCUT2D eigenvalue weighted by atomic mass is 9.85. The van der Waals surface area contributed by atoms with Gasteiger partial charge in [0.15, 0.2) is 0 Å². The monoisotopic (exact) mass is 254 g/mol. The number of nitrogens with one attached hydrogen (secondary N) is 2. The molecule has 0 aromatic heterocycles. The molecule has 3 rings (SSSR count). The number of carbonyl (C=O) groups is 1. The van der Waals surface area contributed by atoms with Crippen molar-refractivity contribution in [3.63, 3.8) is 0 Å². The standard InChI is InChI=1S/C13H22N2O3/c16-6-11-8-1-2-9(5-8)12(11)15-13(17)14-10-3-4-18-7-10/h8-12,16H,1-7H2,(H2,14,15,17). The van der Waals surface area contributed by atoms with Gasteiger partial charge in [0.05, 0.1) is 12.6 Å². The average molecular weight is 254 g/mol. The number of ether oxygens (including phenoxy) is 1. The smallest absolute Gasteiger partial charge is 0.315 e. The number of urea groups is 1. The second-order valence-electron chi connectivity index (χ2n) is 5.88. The first-order chi connectivity index (χ1) is 8.78. The van der Waals surface area contributed by atoms with Crippen LogP contribution in [0.3, 0.4) is 0 Å². The third-order valence-electron chi connectivity index (χ3n) is 4.86. The number of aliphatic hydroxyl groups excluding tert-OH is 1. The molecule has 1 heterocycles. The van der Waals surface area contributed by atoms with E-state index in [1.807, 2.05) is 0 Å². The van der Waals surface area contributed by atoms with Gasteiger partial charge >= 0.3 is 6.03 Å². The third kappa shape index (κ3) is 2.21. The van der Waals surface area contributed by atoms with Crippen molar-refractivity contribution in [2.75, 3.05) is 19.8 Å². The van der Waals surface area contributed by atoms with E-state index in [1.165, 1.54) is 19.3 Å². The minimum absolute atomic E-state index is 0.0958. The molecule has 1 saturated heterocycles. The molecule has 5 nitrogen and oxygen atoms in total. The largest absolute Gasteiger partial charge is 0.396 e. The van der Waals surface area contributed by atoms with E-state index >= 15 is 0 Å². The summed E-state index contributed by atoms with van der Waals surface area (Å²) in [5, 5.41) is 15.5. The van der Waals surface area contributed by atoms with Crippen molar-refractivity contribution in [1.82, 2.24) is 10.6 Å². The Labute approximate surface area is 107 Å². The molecule has 18 heavy (non-hydrogen) atoms. The summed E-state index contributed by atoms with van der Waals surface area (Å²) in [5.41, 5.74) is 0. The van der Waals surface area contributed by atoms with Gasteiger partial charge in [-0.05, 0) is 37.5 Å². The van der Waals surface area contributed by atoms with Gasteiger partial charge in [-0.2, -0.15) is 0 Å². The van der Waals surface area contributed by atoms with E-state index in [0.717, 1.165) is 13.0 Å². The van der Waals surface area contributed by atoms with Crippen LogP contribution in [0.2, 0.25) is 0 Å². The summed E-state index contributed by atoms with van der Waals surface area (Å²) >= 11 is 0. The van der Waals surface area contributed by atoms with Crippen LogP contribution < -0.4 is 10.6 Å².